The van der Waals surface area contributed by atoms with Crippen LogP contribution in [0.4, 0.5) is 0 Å². The van der Waals surface area contributed by atoms with E-state index < -0.39 is 5.97 Å². The summed E-state index contributed by atoms with van der Waals surface area (Å²) in [6, 6.07) is 11.3. The first-order chi connectivity index (χ1) is 12.5. The molecule has 134 valence electrons. The van der Waals surface area contributed by atoms with E-state index in [9.17, 15) is 9.59 Å². The average Bonchev–Trinajstić information content (AvgIpc) is 3.15. The van der Waals surface area contributed by atoms with Crippen LogP contribution in [0.3, 0.4) is 0 Å². The smallest absolute Gasteiger partial charge is 0.303 e. The molecular weight excluding hydrogens is 390 g/mol. The molecule has 1 fully saturated rings. The summed E-state index contributed by atoms with van der Waals surface area (Å²) in [5.41, 5.74) is 0. The Hall–Kier alpha value is -2.16. The summed E-state index contributed by atoms with van der Waals surface area (Å²) in [6.45, 7) is 0.312. The number of carboxylic acids is 1. The molecule has 2 heterocycles. The van der Waals surface area contributed by atoms with Gasteiger partial charge in [0.2, 0.25) is 0 Å². The average molecular weight is 406 g/mol. The summed E-state index contributed by atoms with van der Waals surface area (Å²) >= 11 is 7.96. The Bertz CT molecular complexity index is 860. The molecule has 1 aliphatic heterocycles. The van der Waals surface area contributed by atoms with Gasteiger partial charge in [0, 0.05) is 13.0 Å². The van der Waals surface area contributed by atoms with Gasteiger partial charge in [-0.15, -0.1) is 11.3 Å². The van der Waals surface area contributed by atoms with Gasteiger partial charge < -0.3 is 9.84 Å². The summed E-state index contributed by atoms with van der Waals surface area (Å²) < 4.78 is 6.33. The second-order valence-electron chi connectivity index (χ2n) is 5.39. The topological polar surface area (TPSA) is 66.8 Å². The number of rotatable bonds is 7. The van der Waals surface area contributed by atoms with Gasteiger partial charge in [0.05, 0.1) is 9.78 Å². The number of hydrogen-bond acceptors (Lipinski definition) is 6. The molecule has 1 N–H and O–H groups in total. The van der Waals surface area contributed by atoms with Gasteiger partial charge in [-0.05, 0) is 36.1 Å². The minimum absolute atomic E-state index is 0.0100. The monoisotopic (exact) mass is 405 g/mol. The van der Waals surface area contributed by atoms with Gasteiger partial charge in [0.15, 0.2) is 0 Å². The summed E-state index contributed by atoms with van der Waals surface area (Å²) in [6.07, 6.45) is 2.16. The zero-order chi connectivity index (χ0) is 18.5. The van der Waals surface area contributed by atoms with Crippen LogP contribution < -0.4 is 4.74 Å². The summed E-state index contributed by atoms with van der Waals surface area (Å²) in [5, 5.41) is 10.6. The molecule has 26 heavy (non-hydrogen) atoms. The Morgan fingerprint density at radius 2 is 2.04 bits per heavy atom. The van der Waals surface area contributed by atoms with Crippen molar-refractivity contribution in [1.29, 1.82) is 0 Å². The largest absolute Gasteiger partial charge is 0.481 e. The number of carbonyl (C=O) groups is 2. The van der Waals surface area contributed by atoms with Gasteiger partial charge in [-0.1, -0.05) is 42.2 Å². The van der Waals surface area contributed by atoms with Crippen LogP contribution in [0.15, 0.2) is 46.7 Å². The zero-order valence-electron chi connectivity index (χ0n) is 13.6. The first-order valence-corrected chi connectivity index (χ1v) is 9.92. The number of aliphatic carboxylic acids is 1. The van der Waals surface area contributed by atoms with E-state index in [4.69, 9.17) is 22.1 Å². The second-order valence-corrected chi connectivity index (χ2v) is 8.02. The third-order valence-electron chi connectivity index (χ3n) is 3.54. The van der Waals surface area contributed by atoms with Crippen LogP contribution in [0.5, 0.6) is 11.5 Å². The first kappa shape index (κ1) is 18.6. The highest BCUT2D eigenvalue weighted by molar-refractivity contribution is 8.26. The van der Waals surface area contributed by atoms with E-state index in [0.29, 0.717) is 27.9 Å². The molecule has 3 rings (SSSR count). The molecule has 0 atom stereocenters. The summed E-state index contributed by atoms with van der Waals surface area (Å²) in [7, 11) is 0. The van der Waals surface area contributed by atoms with Crippen LogP contribution in [0, 0.1) is 0 Å². The highest BCUT2D eigenvalue weighted by atomic mass is 32.2. The fraction of sp³-hybridized carbons (Fsp3) is 0.167. The van der Waals surface area contributed by atoms with Crippen molar-refractivity contribution in [3.63, 3.8) is 0 Å². The van der Waals surface area contributed by atoms with Crippen LogP contribution >= 0.6 is 35.3 Å². The molecule has 0 radical (unpaired) electrons. The van der Waals surface area contributed by atoms with Crippen molar-refractivity contribution in [2.24, 2.45) is 0 Å². The molecule has 0 saturated carbocycles. The number of carbonyl (C=O) groups excluding carboxylic acids is 1. The summed E-state index contributed by atoms with van der Waals surface area (Å²) in [5.74, 6) is 0.329. The number of benzene rings is 1. The minimum atomic E-state index is -0.882. The molecule has 0 unspecified atom stereocenters. The quantitative estimate of drug-likeness (QED) is 0.536. The molecule has 1 amide bonds. The van der Waals surface area contributed by atoms with Gasteiger partial charge in [0.25, 0.3) is 5.91 Å². The zero-order valence-corrected chi connectivity index (χ0v) is 16.0. The van der Waals surface area contributed by atoms with E-state index >= 15 is 0 Å². The maximum absolute atomic E-state index is 12.6. The second kappa shape index (κ2) is 8.48. The fourth-order valence-electron chi connectivity index (χ4n) is 2.31. The molecule has 8 heteroatoms. The minimum Gasteiger partial charge on any atom is -0.481 e. The van der Waals surface area contributed by atoms with Crippen LogP contribution in [0.1, 0.15) is 17.7 Å². The predicted molar refractivity (Wildman–Crippen MR) is 108 cm³/mol. The van der Waals surface area contributed by atoms with Gasteiger partial charge in [-0.2, -0.15) is 0 Å². The molecular formula is C18H15NO4S3. The van der Waals surface area contributed by atoms with Crippen molar-refractivity contribution >= 4 is 57.6 Å². The third kappa shape index (κ3) is 4.51. The molecule has 0 bridgehead atoms. The lowest BCUT2D eigenvalue weighted by Crippen LogP contribution is -2.29. The van der Waals surface area contributed by atoms with E-state index in [-0.39, 0.29) is 12.3 Å². The van der Waals surface area contributed by atoms with E-state index in [1.165, 1.54) is 28.0 Å². The van der Waals surface area contributed by atoms with Gasteiger partial charge >= 0.3 is 5.97 Å². The molecule has 2 aromatic rings. The molecule has 1 aliphatic rings. The van der Waals surface area contributed by atoms with Crippen molar-refractivity contribution in [3.8, 4) is 11.5 Å². The van der Waals surface area contributed by atoms with Crippen LogP contribution in [-0.2, 0) is 9.59 Å². The molecule has 1 aromatic heterocycles. The van der Waals surface area contributed by atoms with Crippen LogP contribution in [0.25, 0.3) is 6.08 Å². The van der Waals surface area contributed by atoms with E-state index in [0.717, 1.165) is 10.6 Å². The Labute approximate surface area is 164 Å². The third-order valence-corrected chi connectivity index (χ3v) is 5.76. The molecule has 0 aliphatic carbocycles. The number of hydrogen-bond donors (Lipinski definition) is 1. The van der Waals surface area contributed by atoms with E-state index in [2.05, 4.69) is 0 Å². The van der Waals surface area contributed by atoms with Crippen molar-refractivity contribution in [1.82, 2.24) is 4.90 Å². The van der Waals surface area contributed by atoms with Crippen molar-refractivity contribution < 1.29 is 19.4 Å². The Morgan fingerprint density at radius 1 is 1.27 bits per heavy atom. The molecule has 1 aromatic carbocycles. The Kier molecular flexibility index (Phi) is 6.08. The van der Waals surface area contributed by atoms with E-state index in [1.54, 1.807) is 6.08 Å². The molecule has 0 spiro atoms. The number of amides is 1. The number of carboxylic acid groups (broad SMARTS) is 1. The molecule has 1 saturated heterocycles. The SMILES string of the molecule is O=C(O)CCCN1C(=O)C(=Cc2sccc2Oc2ccccc2)SC1=S. The number of nitrogens with zero attached hydrogens (tertiary/aromatic N) is 1. The highest BCUT2D eigenvalue weighted by Crippen LogP contribution is 2.37. The number of para-hydroxylation sites is 1. The van der Waals surface area contributed by atoms with Crippen molar-refractivity contribution in [2.45, 2.75) is 12.8 Å². The van der Waals surface area contributed by atoms with Crippen LogP contribution in [-0.4, -0.2) is 32.7 Å². The number of ether oxygens (including phenoxy) is 1. The van der Waals surface area contributed by atoms with Gasteiger partial charge in [-0.25, -0.2) is 0 Å². The molecule has 5 nitrogen and oxygen atoms in total. The normalized spacial score (nSPS) is 15.7. The van der Waals surface area contributed by atoms with Crippen molar-refractivity contribution in [3.05, 3.63) is 51.6 Å². The highest BCUT2D eigenvalue weighted by Gasteiger charge is 2.32. The number of thiophene rings is 1. The maximum Gasteiger partial charge on any atom is 0.303 e. The number of thiocarbonyl (C=S) groups is 1. The lowest BCUT2D eigenvalue weighted by molar-refractivity contribution is -0.137. The fourth-order valence-corrected chi connectivity index (χ4v) is 4.43. The lowest BCUT2D eigenvalue weighted by Gasteiger charge is -2.13. The lowest BCUT2D eigenvalue weighted by atomic mass is 10.3. The first-order valence-electron chi connectivity index (χ1n) is 7.82. The Morgan fingerprint density at radius 3 is 2.77 bits per heavy atom. The standard InChI is InChI=1S/C18H15NO4S3/c20-16(21)7-4-9-19-17(22)15(26-18(19)24)11-14-13(8-10-25-14)23-12-5-2-1-3-6-12/h1-3,5-6,8,10-11H,4,7,9H2,(H,20,21). The maximum atomic E-state index is 12.6. The number of thioether (sulfide) groups is 1. The van der Waals surface area contributed by atoms with E-state index in [1.807, 2.05) is 41.8 Å². The van der Waals surface area contributed by atoms with Crippen LogP contribution in [0.2, 0.25) is 0 Å². The predicted octanol–water partition coefficient (Wildman–Crippen LogP) is 4.61. The Balaban J connectivity index is 1.73. The van der Waals surface area contributed by atoms with Gasteiger partial charge in [0.1, 0.15) is 15.8 Å². The van der Waals surface area contributed by atoms with Crippen molar-refractivity contribution in [2.75, 3.05) is 6.54 Å². The van der Waals surface area contributed by atoms with Gasteiger partial charge in [-0.3, -0.25) is 14.5 Å². The summed E-state index contributed by atoms with van der Waals surface area (Å²) in [4.78, 5) is 26.0.